The van der Waals surface area contributed by atoms with E-state index in [0.29, 0.717) is 18.2 Å². The Labute approximate surface area is 184 Å². The van der Waals surface area contributed by atoms with E-state index in [1.807, 2.05) is 43.3 Å². The summed E-state index contributed by atoms with van der Waals surface area (Å²) in [6.07, 6.45) is 3.65. The summed E-state index contributed by atoms with van der Waals surface area (Å²) >= 11 is 6.57. The molecule has 0 amide bonds. The lowest BCUT2D eigenvalue weighted by atomic mass is 10.0. The predicted octanol–water partition coefficient (Wildman–Crippen LogP) is 4.50. The molecule has 0 bridgehead atoms. The molecule has 31 heavy (non-hydrogen) atoms. The zero-order valence-electron chi connectivity index (χ0n) is 17.1. The molecule has 0 radical (unpaired) electrons. The lowest BCUT2D eigenvalue weighted by Gasteiger charge is -2.27. The summed E-state index contributed by atoms with van der Waals surface area (Å²) in [5, 5.41) is 4.53. The van der Waals surface area contributed by atoms with Gasteiger partial charge >= 0.3 is 0 Å². The van der Waals surface area contributed by atoms with Crippen LogP contribution in [0.15, 0.2) is 59.5 Å². The second-order valence-corrected chi connectivity index (χ2v) is 7.87. The smallest absolute Gasteiger partial charge is 0.295 e. The van der Waals surface area contributed by atoms with Crippen molar-refractivity contribution in [3.05, 3.63) is 75.7 Å². The van der Waals surface area contributed by atoms with Crippen molar-refractivity contribution in [2.45, 2.75) is 25.8 Å². The molecule has 5 rings (SSSR count). The Morgan fingerprint density at radius 1 is 1.19 bits per heavy atom. The molecule has 1 aliphatic rings. The third-order valence-electron chi connectivity index (χ3n) is 5.62. The number of hydrogen-bond acceptors (Lipinski definition) is 5. The number of aromatic amines is 1. The first kappa shape index (κ1) is 19.6. The molecule has 1 saturated heterocycles. The van der Waals surface area contributed by atoms with Gasteiger partial charge in [-0.25, -0.2) is 4.98 Å². The first-order chi connectivity index (χ1) is 15.2. The first-order valence-corrected chi connectivity index (χ1v) is 10.8. The number of anilines is 1. The standard InChI is InChI=1S/C23H22ClN5O2/c1-2-31-16-11-9-15(10-12-16)19-8-5-13-28(19)20-14-25-29(22(30)21(20)24)23-26-17-6-3-4-7-18(17)27-23/h3-4,6-7,9-12,14,19H,2,5,8,13H2,1H3,(H,26,27)/t19-/m0/s1. The molecule has 8 heteroatoms. The van der Waals surface area contributed by atoms with Crippen molar-refractivity contribution in [3.63, 3.8) is 0 Å². The molecule has 2 aromatic carbocycles. The molecule has 7 nitrogen and oxygen atoms in total. The molecular formula is C23H22ClN5O2. The zero-order valence-corrected chi connectivity index (χ0v) is 17.8. The number of fused-ring (bicyclic) bond motifs is 1. The Morgan fingerprint density at radius 2 is 2.00 bits per heavy atom. The summed E-state index contributed by atoms with van der Waals surface area (Å²) in [6.45, 7) is 3.42. The van der Waals surface area contributed by atoms with Gasteiger partial charge in [0.05, 0.1) is 35.6 Å². The Bertz CT molecular complexity index is 1250. The van der Waals surface area contributed by atoms with Crippen LogP contribution >= 0.6 is 11.6 Å². The highest BCUT2D eigenvalue weighted by Gasteiger charge is 2.29. The molecule has 1 aliphatic heterocycles. The minimum atomic E-state index is -0.393. The number of ether oxygens (including phenoxy) is 1. The van der Waals surface area contributed by atoms with Crippen LogP contribution in [0.25, 0.3) is 17.0 Å². The Hall–Kier alpha value is -3.32. The van der Waals surface area contributed by atoms with Crippen molar-refractivity contribution in [3.8, 4) is 11.7 Å². The van der Waals surface area contributed by atoms with Crippen molar-refractivity contribution in [2.24, 2.45) is 0 Å². The van der Waals surface area contributed by atoms with E-state index in [2.05, 4.69) is 32.1 Å². The molecule has 1 fully saturated rings. The topological polar surface area (TPSA) is 76.0 Å². The number of halogens is 1. The van der Waals surface area contributed by atoms with Crippen molar-refractivity contribution in [1.29, 1.82) is 0 Å². The summed E-state index contributed by atoms with van der Waals surface area (Å²) in [7, 11) is 0. The van der Waals surface area contributed by atoms with Crippen LogP contribution in [-0.2, 0) is 0 Å². The van der Waals surface area contributed by atoms with E-state index in [4.69, 9.17) is 16.3 Å². The highest BCUT2D eigenvalue weighted by Crippen LogP contribution is 2.38. The summed E-state index contributed by atoms with van der Waals surface area (Å²) < 4.78 is 6.77. The maximum atomic E-state index is 13.0. The molecule has 3 heterocycles. The van der Waals surface area contributed by atoms with Gasteiger partial charge in [0, 0.05) is 6.54 Å². The summed E-state index contributed by atoms with van der Waals surface area (Å²) in [6, 6.07) is 15.8. The maximum absolute atomic E-state index is 13.0. The molecule has 2 aromatic heterocycles. The van der Waals surface area contributed by atoms with E-state index in [1.165, 1.54) is 10.2 Å². The van der Waals surface area contributed by atoms with Crippen LogP contribution in [0.5, 0.6) is 5.75 Å². The van der Waals surface area contributed by atoms with Gasteiger partial charge in [-0.3, -0.25) is 4.79 Å². The summed E-state index contributed by atoms with van der Waals surface area (Å²) in [5.74, 6) is 1.20. The number of imidazole rings is 1. The van der Waals surface area contributed by atoms with Gasteiger partial charge in [0.15, 0.2) is 0 Å². The van der Waals surface area contributed by atoms with Crippen molar-refractivity contribution >= 4 is 28.3 Å². The van der Waals surface area contributed by atoms with Gasteiger partial charge in [0.25, 0.3) is 5.56 Å². The van der Waals surface area contributed by atoms with E-state index >= 15 is 0 Å². The zero-order chi connectivity index (χ0) is 21.4. The van der Waals surface area contributed by atoms with Gasteiger partial charge in [-0.05, 0) is 49.6 Å². The SMILES string of the molecule is CCOc1ccc([C@@H]2CCCN2c2cnn(-c3nc4ccccc4[nH]3)c(=O)c2Cl)cc1. The number of benzene rings is 2. The minimum Gasteiger partial charge on any atom is -0.494 e. The fourth-order valence-corrected chi connectivity index (χ4v) is 4.41. The second kappa shape index (κ2) is 8.07. The van der Waals surface area contributed by atoms with Gasteiger partial charge in [-0.2, -0.15) is 9.78 Å². The number of hydrogen-bond donors (Lipinski definition) is 1. The molecular weight excluding hydrogens is 414 g/mol. The largest absolute Gasteiger partial charge is 0.494 e. The van der Waals surface area contributed by atoms with Gasteiger partial charge in [0.2, 0.25) is 5.95 Å². The molecule has 0 unspecified atom stereocenters. The third-order valence-corrected chi connectivity index (χ3v) is 5.97. The second-order valence-electron chi connectivity index (χ2n) is 7.49. The van der Waals surface area contributed by atoms with Crippen LogP contribution in [0.2, 0.25) is 5.02 Å². The van der Waals surface area contributed by atoms with Crippen LogP contribution in [0.3, 0.4) is 0 Å². The Morgan fingerprint density at radius 3 is 2.77 bits per heavy atom. The number of H-pyrrole nitrogens is 1. The van der Waals surface area contributed by atoms with Crippen molar-refractivity contribution in [1.82, 2.24) is 19.7 Å². The lowest BCUT2D eigenvalue weighted by Crippen LogP contribution is -2.29. The number of nitrogens with one attached hydrogen (secondary N) is 1. The summed E-state index contributed by atoms with van der Waals surface area (Å²) in [5.41, 5.74) is 3.02. The fourth-order valence-electron chi connectivity index (χ4n) is 4.17. The molecule has 0 aliphatic carbocycles. The van der Waals surface area contributed by atoms with E-state index in [1.54, 1.807) is 6.20 Å². The number of rotatable bonds is 5. The van der Waals surface area contributed by atoms with E-state index < -0.39 is 5.56 Å². The highest BCUT2D eigenvalue weighted by molar-refractivity contribution is 6.33. The number of aromatic nitrogens is 4. The molecule has 1 N–H and O–H groups in total. The van der Waals surface area contributed by atoms with E-state index in [-0.39, 0.29) is 11.1 Å². The monoisotopic (exact) mass is 435 g/mol. The molecule has 0 saturated carbocycles. The minimum absolute atomic E-state index is 0.136. The maximum Gasteiger partial charge on any atom is 0.295 e. The molecule has 1 atom stereocenters. The Kier molecular flexibility index (Phi) is 5.11. The van der Waals surface area contributed by atoms with Crippen LogP contribution in [0.1, 0.15) is 31.4 Å². The van der Waals surface area contributed by atoms with Gasteiger partial charge in [-0.1, -0.05) is 35.9 Å². The van der Waals surface area contributed by atoms with Gasteiger partial charge in [-0.15, -0.1) is 0 Å². The fraction of sp³-hybridized carbons (Fsp3) is 0.261. The predicted molar refractivity (Wildman–Crippen MR) is 121 cm³/mol. The summed E-state index contributed by atoms with van der Waals surface area (Å²) in [4.78, 5) is 22.8. The Balaban J connectivity index is 1.48. The quantitative estimate of drug-likeness (QED) is 0.499. The van der Waals surface area contributed by atoms with Gasteiger partial charge < -0.3 is 14.6 Å². The number of nitrogens with zero attached hydrogens (tertiary/aromatic N) is 4. The van der Waals surface area contributed by atoms with Crippen molar-refractivity contribution < 1.29 is 4.74 Å². The molecule has 158 valence electrons. The van der Waals surface area contributed by atoms with Crippen LogP contribution in [0.4, 0.5) is 5.69 Å². The first-order valence-electron chi connectivity index (χ1n) is 10.4. The van der Waals surface area contributed by atoms with Crippen molar-refractivity contribution in [2.75, 3.05) is 18.1 Å². The van der Waals surface area contributed by atoms with Crippen LogP contribution in [-0.4, -0.2) is 32.9 Å². The third kappa shape index (κ3) is 3.55. The highest BCUT2D eigenvalue weighted by atomic mass is 35.5. The van der Waals surface area contributed by atoms with E-state index in [9.17, 15) is 4.79 Å². The van der Waals surface area contributed by atoms with Gasteiger partial charge in [0.1, 0.15) is 10.8 Å². The average Bonchev–Trinajstić information content (AvgIpc) is 3.43. The normalized spacial score (nSPS) is 16.2. The van der Waals surface area contributed by atoms with Crippen LogP contribution < -0.4 is 15.2 Å². The average molecular weight is 436 g/mol. The van der Waals surface area contributed by atoms with Crippen LogP contribution in [0, 0.1) is 0 Å². The number of para-hydroxylation sites is 2. The molecule has 4 aromatic rings. The molecule has 0 spiro atoms. The lowest BCUT2D eigenvalue weighted by molar-refractivity contribution is 0.340. The van der Waals surface area contributed by atoms with E-state index in [0.717, 1.165) is 36.2 Å².